The summed E-state index contributed by atoms with van der Waals surface area (Å²) in [6.07, 6.45) is 0.604. The number of ether oxygens (including phenoxy) is 1. The van der Waals surface area contributed by atoms with Crippen LogP contribution in [0.4, 0.5) is 5.82 Å². The summed E-state index contributed by atoms with van der Waals surface area (Å²) in [5.74, 6) is -0.357. The van der Waals surface area contributed by atoms with Gasteiger partial charge in [0.15, 0.2) is 12.4 Å². The number of nitrogens with zero attached hydrogens (tertiary/aromatic N) is 1. The lowest BCUT2D eigenvalue weighted by atomic mass is 9.97. The highest BCUT2D eigenvalue weighted by molar-refractivity contribution is 5.92. The third-order valence-corrected chi connectivity index (χ3v) is 3.14. The van der Waals surface area contributed by atoms with Crippen molar-refractivity contribution in [2.45, 2.75) is 26.2 Å². The van der Waals surface area contributed by atoms with Gasteiger partial charge in [0.05, 0.1) is 5.92 Å². The number of benzene rings is 1. The summed E-state index contributed by atoms with van der Waals surface area (Å²) in [4.78, 5) is 23.8. The van der Waals surface area contributed by atoms with Gasteiger partial charge in [-0.15, -0.1) is 0 Å². The Hall–Kier alpha value is -2.63. The summed E-state index contributed by atoms with van der Waals surface area (Å²) in [6, 6.07) is 10.9. The highest BCUT2D eigenvalue weighted by Crippen LogP contribution is 2.20. The summed E-state index contributed by atoms with van der Waals surface area (Å²) < 4.78 is 9.91. The Morgan fingerprint density at radius 3 is 2.64 bits per heavy atom. The van der Waals surface area contributed by atoms with Gasteiger partial charge in [0.1, 0.15) is 5.76 Å². The smallest absolute Gasteiger partial charge is 0.313 e. The maximum Gasteiger partial charge on any atom is 0.313 e. The fourth-order valence-corrected chi connectivity index (χ4v) is 2.07. The van der Waals surface area contributed by atoms with Crippen molar-refractivity contribution in [3.05, 3.63) is 47.7 Å². The van der Waals surface area contributed by atoms with E-state index in [-0.39, 0.29) is 12.5 Å². The molecule has 2 rings (SSSR count). The number of esters is 1. The van der Waals surface area contributed by atoms with E-state index in [1.807, 2.05) is 37.3 Å². The molecule has 0 spiro atoms. The fraction of sp³-hybridized carbons (Fsp3) is 0.312. The van der Waals surface area contributed by atoms with Gasteiger partial charge >= 0.3 is 5.97 Å². The average Bonchev–Trinajstić information content (AvgIpc) is 2.92. The molecule has 1 aromatic carbocycles. The van der Waals surface area contributed by atoms with Crippen LogP contribution in [0.3, 0.4) is 0 Å². The first kappa shape index (κ1) is 15.8. The van der Waals surface area contributed by atoms with Crippen LogP contribution in [0.2, 0.25) is 0 Å². The molecule has 0 aliphatic heterocycles. The second kappa shape index (κ2) is 7.40. The van der Waals surface area contributed by atoms with E-state index in [4.69, 9.17) is 9.26 Å². The van der Waals surface area contributed by atoms with Gasteiger partial charge in [0, 0.05) is 6.07 Å². The summed E-state index contributed by atoms with van der Waals surface area (Å²) >= 11 is 0. The Morgan fingerprint density at radius 2 is 2.05 bits per heavy atom. The molecule has 116 valence electrons. The Balaban J connectivity index is 1.87. The summed E-state index contributed by atoms with van der Waals surface area (Å²) in [6.45, 7) is 3.26. The molecule has 1 N–H and O–H groups in total. The van der Waals surface area contributed by atoms with E-state index < -0.39 is 11.9 Å². The standard InChI is InChI=1S/C16H18N2O4/c1-3-13(12-7-5-4-6-8-12)16(20)21-10-15(19)17-14-9-11(2)22-18-14/h4-9,13H,3,10H2,1-2H3,(H,17,18,19)/t13-/m0/s1. The molecule has 0 saturated heterocycles. The predicted octanol–water partition coefficient (Wildman–Crippen LogP) is 2.66. The second-order valence-electron chi connectivity index (χ2n) is 4.85. The molecule has 0 fully saturated rings. The Morgan fingerprint density at radius 1 is 1.32 bits per heavy atom. The van der Waals surface area contributed by atoms with Crippen molar-refractivity contribution in [1.29, 1.82) is 0 Å². The van der Waals surface area contributed by atoms with E-state index in [9.17, 15) is 9.59 Å². The van der Waals surface area contributed by atoms with Crippen molar-refractivity contribution in [2.75, 3.05) is 11.9 Å². The van der Waals surface area contributed by atoms with Gasteiger partial charge in [-0.1, -0.05) is 42.4 Å². The minimum absolute atomic E-state index is 0.300. The number of anilines is 1. The van der Waals surface area contributed by atoms with Crippen LogP contribution in [0.5, 0.6) is 0 Å². The Bertz CT molecular complexity index is 637. The maximum atomic E-state index is 12.1. The van der Waals surface area contributed by atoms with Crippen LogP contribution in [0, 0.1) is 6.92 Å². The number of aryl methyl sites for hydroxylation is 1. The average molecular weight is 302 g/mol. The zero-order chi connectivity index (χ0) is 15.9. The molecule has 1 aromatic heterocycles. The molecule has 22 heavy (non-hydrogen) atoms. The first-order valence-corrected chi connectivity index (χ1v) is 7.05. The van der Waals surface area contributed by atoms with Crippen molar-refractivity contribution in [2.24, 2.45) is 0 Å². The number of hydrogen-bond donors (Lipinski definition) is 1. The van der Waals surface area contributed by atoms with E-state index in [1.54, 1.807) is 13.0 Å². The fourth-order valence-electron chi connectivity index (χ4n) is 2.07. The van der Waals surface area contributed by atoms with Crippen LogP contribution in [0.1, 0.15) is 30.6 Å². The van der Waals surface area contributed by atoms with Crippen molar-refractivity contribution < 1.29 is 18.8 Å². The lowest BCUT2D eigenvalue weighted by Crippen LogP contribution is -2.24. The number of aromatic nitrogens is 1. The van der Waals surface area contributed by atoms with Crippen molar-refractivity contribution >= 4 is 17.7 Å². The predicted molar refractivity (Wildman–Crippen MR) is 80.3 cm³/mol. The Kier molecular flexibility index (Phi) is 5.30. The molecular weight excluding hydrogens is 284 g/mol. The van der Waals surface area contributed by atoms with E-state index in [0.29, 0.717) is 18.0 Å². The molecule has 1 amide bonds. The second-order valence-corrected chi connectivity index (χ2v) is 4.85. The van der Waals surface area contributed by atoms with Crippen LogP contribution < -0.4 is 5.32 Å². The monoisotopic (exact) mass is 302 g/mol. The zero-order valence-corrected chi connectivity index (χ0v) is 12.5. The molecule has 0 aliphatic rings. The van der Waals surface area contributed by atoms with Gasteiger partial charge in [0.2, 0.25) is 0 Å². The molecule has 0 bridgehead atoms. The lowest BCUT2D eigenvalue weighted by Gasteiger charge is -2.14. The molecule has 6 heteroatoms. The van der Waals surface area contributed by atoms with E-state index in [0.717, 1.165) is 5.56 Å². The number of hydrogen-bond acceptors (Lipinski definition) is 5. The first-order valence-electron chi connectivity index (χ1n) is 7.05. The third-order valence-electron chi connectivity index (χ3n) is 3.14. The minimum atomic E-state index is -0.454. The van der Waals surface area contributed by atoms with Crippen molar-refractivity contribution in [3.8, 4) is 0 Å². The molecule has 6 nitrogen and oxygen atoms in total. The quantitative estimate of drug-likeness (QED) is 0.830. The van der Waals surface area contributed by atoms with Gasteiger partial charge in [-0.25, -0.2) is 0 Å². The van der Waals surface area contributed by atoms with Gasteiger partial charge in [0.25, 0.3) is 5.91 Å². The summed E-state index contributed by atoms with van der Waals surface area (Å²) in [5.41, 5.74) is 0.877. The molecule has 2 aromatic rings. The van der Waals surface area contributed by atoms with Crippen molar-refractivity contribution in [1.82, 2.24) is 5.16 Å². The van der Waals surface area contributed by atoms with Crippen LogP contribution in [0.15, 0.2) is 40.9 Å². The molecule has 0 unspecified atom stereocenters. The highest BCUT2D eigenvalue weighted by atomic mass is 16.5. The van der Waals surface area contributed by atoms with Gasteiger partial charge in [-0.2, -0.15) is 0 Å². The Labute approximate surface area is 128 Å². The van der Waals surface area contributed by atoms with Gasteiger partial charge in [-0.05, 0) is 18.9 Å². The molecule has 1 heterocycles. The number of carbonyl (C=O) groups is 2. The van der Waals surface area contributed by atoms with Gasteiger partial charge in [-0.3, -0.25) is 9.59 Å². The maximum absolute atomic E-state index is 12.1. The molecule has 0 saturated carbocycles. The van der Waals surface area contributed by atoms with Crippen LogP contribution in [-0.2, 0) is 14.3 Å². The highest BCUT2D eigenvalue weighted by Gasteiger charge is 2.21. The molecule has 0 radical (unpaired) electrons. The van der Waals surface area contributed by atoms with Gasteiger partial charge < -0.3 is 14.6 Å². The van der Waals surface area contributed by atoms with Crippen LogP contribution in [0.25, 0.3) is 0 Å². The number of rotatable bonds is 6. The largest absolute Gasteiger partial charge is 0.455 e. The molecule has 0 aliphatic carbocycles. The van der Waals surface area contributed by atoms with E-state index in [2.05, 4.69) is 10.5 Å². The van der Waals surface area contributed by atoms with E-state index >= 15 is 0 Å². The lowest BCUT2D eigenvalue weighted by molar-refractivity contribution is -0.149. The number of nitrogens with one attached hydrogen (secondary N) is 1. The van der Waals surface area contributed by atoms with E-state index in [1.165, 1.54) is 0 Å². The first-order chi connectivity index (χ1) is 10.6. The molecule has 1 atom stereocenters. The number of amides is 1. The summed E-state index contributed by atoms with van der Waals surface area (Å²) in [7, 11) is 0. The minimum Gasteiger partial charge on any atom is -0.455 e. The zero-order valence-electron chi connectivity index (χ0n) is 12.5. The van der Waals surface area contributed by atoms with Crippen molar-refractivity contribution in [3.63, 3.8) is 0 Å². The third kappa shape index (κ3) is 4.18. The van der Waals surface area contributed by atoms with Crippen LogP contribution >= 0.6 is 0 Å². The SMILES string of the molecule is CC[C@H](C(=O)OCC(=O)Nc1cc(C)on1)c1ccccc1. The topological polar surface area (TPSA) is 81.4 Å². The summed E-state index contributed by atoms with van der Waals surface area (Å²) in [5, 5.41) is 6.13. The molecular formula is C16H18N2O4. The van der Waals surface area contributed by atoms with Crippen LogP contribution in [-0.4, -0.2) is 23.6 Å². The number of carbonyl (C=O) groups excluding carboxylic acids is 2. The normalized spacial score (nSPS) is 11.7.